The van der Waals surface area contributed by atoms with E-state index in [1.807, 2.05) is 18.2 Å². The van der Waals surface area contributed by atoms with E-state index in [1.54, 1.807) is 13.2 Å². The van der Waals surface area contributed by atoms with E-state index in [4.69, 9.17) is 4.74 Å². The van der Waals surface area contributed by atoms with Gasteiger partial charge in [-0.05, 0) is 46.3 Å². The SMILES string of the molecule is COc1ccc(F)cc1-c1cccc(Br)n1. The molecule has 1 aromatic heterocycles. The molecule has 16 heavy (non-hydrogen) atoms. The third-order valence-corrected chi connectivity index (χ3v) is 2.59. The lowest BCUT2D eigenvalue weighted by molar-refractivity contribution is 0.415. The predicted molar refractivity (Wildman–Crippen MR) is 63.9 cm³/mol. The van der Waals surface area contributed by atoms with Crippen LogP contribution in [0.2, 0.25) is 0 Å². The van der Waals surface area contributed by atoms with Crippen molar-refractivity contribution in [2.45, 2.75) is 0 Å². The molecule has 0 aliphatic heterocycles. The zero-order chi connectivity index (χ0) is 11.5. The van der Waals surface area contributed by atoms with Crippen LogP contribution in [0.5, 0.6) is 5.75 Å². The fourth-order valence-electron chi connectivity index (χ4n) is 1.44. The van der Waals surface area contributed by atoms with E-state index in [1.165, 1.54) is 12.1 Å². The number of aromatic nitrogens is 1. The van der Waals surface area contributed by atoms with Crippen molar-refractivity contribution in [1.29, 1.82) is 0 Å². The summed E-state index contributed by atoms with van der Waals surface area (Å²) in [6.45, 7) is 0. The van der Waals surface area contributed by atoms with Gasteiger partial charge in [-0.25, -0.2) is 9.37 Å². The van der Waals surface area contributed by atoms with Gasteiger partial charge in [0.2, 0.25) is 0 Å². The van der Waals surface area contributed by atoms with Crippen LogP contribution in [0.25, 0.3) is 11.3 Å². The van der Waals surface area contributed by atoms with Crippen LogP contribution in [-0.4, -0.2) is 12.1 Å². The standard InChI is InChI=1S/C12H9BrFNO/c1-16-11-6-5-8(14)7-9(11)10-3-2-4-12(13)15-10/h2-7H,1H3. The summed E-state index contributed by atoms with van der Waals surface area (Å²) in [5.41, 5.74) is 1.31. The fraction of sp³-hybridized carbons (Fsp3) is 0.0833. The molecule has 0 N–H and O–H groups in total. The fourth-order valence-corrected chi connectivity index (χ4v) is 1.78. The maximum atomic E-state index is 13.2. The first kappa shape index (κ1) is 11.1. The first-order chi connectivity index (χ1) is 7.70. The number of methoxy groups -OCH3 is 1. The van der Waals surface area contributed by atoms with Crippen molar-refractivity contribution < 1.29 is 9.13 Å². The largest absolute Gasteiger partial charge is 0.496 e. The molecule has 1 aromatic carbocycles. The molecule has 4 heteroatoms. The summed E-state index contributed by atoms with van der Waals surface area (Å²) in [5, 5.41) is 0. The molecular weight excluding hydrogens is 273 g/mol. The van der Waals surface area contributed by atoms with Crippen LogP contribution in [0.15, 0.2) is 41.0 Å². The van der Waals surface area contributed by atoms with Gasteiger partial charge in [-0.1, -0.05) is 6.07 Å². The van der Waals surface area contributed by atoms with Crippen LogP contribution in [0.1, 0.15) is 0 Å². The number of rotatable bonds is 2. The van der Waals surface area contributed by atoms with E-state index in [0.717, 1.165) is 0 Å². The van der Waals surface area contributed by atoms with Gasteiger partial charge in [-0.15, -0.1) is 0 Å². The monoisotopic (exact) mass is 281 g/mol. The van der Waals surface area contributed by atoms with Crippen molar-refractivity contribution >= 4 is 15.9 Å². The van der Waals surface area contributed by atoms with Crippen molar-refractivity contribution in [3.63, 3.8) is 0 Å². The Morgan fingerprint density at radius 2 is 2.06 bits per heavy atom. The van der Waals surface area contributed by atoms with Crippen LogP contribution in [0.4, 0.5) is 4.39 Å². The summed E-state index contributed by atoms with van der Waals surface area (Å²) in [4.78, 5) is 4.26. The molecule has 2 rings (SSSR count). The molecular formula is C12H9BrFNO. The lowest BCUT2D eigenvalue weighted by Gasteiger charge is -2.08. The zero-order valence-electron chi connectivity index (χ0n) is 8.58. The molecule has 0 spiro atoms. The van der Waals surface area contributed by atoms with Gasteiger partial charge in [0.15, 0.2) is 0 Å². The maximum absolute atomic E-state index is 13.2. The van der Waals surface area contributed by atoms with Gasteiger partial charge in [-0.2, -0.15) is 0 Å². The average Bonchev–Trinajstić information content (AvgIpc) is 2.29. The topological polar surface area (TPSA) is 22.1 Å². The average molecular weight is 282 g/mol. The highest BCUT2D eigenvalue weighted by Crippen LogP contribution is 2.29. The van der Waals surface area contributed by atoms with Crippen LogP contribution in [0, 0.1) is 5.82 Å². The molecule has 0 amide bonds. The van der Waals surface area contributed by atoms with Gasteiger partial charge in [0.25, 0.3) is 0 Å². The highest BCUT2D eigenvalue weighted by atomic mass is 79.9. The number of halogens is 2. The molecule has 1 heterocycles. The first-order valence-electron chi connectivity index (χ1n) is 4.67. The molecule has 0 fully saturated rings. The molecule has 0 unspecified atom stereocenters. The van der Waals surface area contributed by atoms with Gasteiger partial charge in [0, 0.05) is 5.56 Å². The van der Waals surface area contributed by atoms with Crippen molar-refractivity contribution in [3.8, 4) is 17.0 Å². The van der Waals surface area contributed by atoms with Crippen LogP contribution >= 0.6 is 15.9 Å². The number of pyridine rings is 1. The van der Waals surface area contributed by atoms with E-state index < -0.39 is 0 Å². The number of benzene rings is 1. The summed E-state index contributed by atoms with van der Waals surface area (Å²) in [7, 11) is 1.55. The van der Waals surface area contributed by atoms with Gasteiger partial charge in [0.05, 0.1) is 12.8 Å². The Balaban J connectivity index is 2.58. The van der Waals surface area contributed by atoms with Crippen molar-refractivity contribution in [1.82, 2.24) is 4.98 Å². The second-order valence-electron chi connectivity index (χ2n) is 3.19. The second-order valence-corrected chi connectivity index (χ2v) is 4.00. The second kappa shape index (κ2) is 4.61. The number of hydrogen-bond acceptors (Lipinski definition) is 2. The molecule has 0 bridgehead atoms. The lowest BCUT2D eigenvalue weighted by atomic mass is 10.1. The summed E-state index contributed by atoms with van der Waals surface area (Å²) in [6, 6.07) is 9.83. The Bertz CT molecular complexity index is 516. The third-order valence-electron chi connectivity index (χ3n) is 2.15. The van der Waals surface area contributed by atoms with Crippen molar-refractivity contribution in [2.75, 3.05) is 7.11 Å². The first-order valence-corrected chi connectivity index (χ1v) is 5.46. The van der Waals surface area contributed by atoms with E-state index in [-0.39, 0.29) is 5.82 Å². The Labute approximate surface area is 101 Å². The Hall–Kier alpha value is -1.42. The summed E-state index contributed by atoms with van der Waals surface area (Å²) in [5.74, 6) is 0.296. The Kier molecular flexibility index (Phi) is 3.19. The van der Waals surface area contributed by atoms with E-state index >= 15 is 0 Å². The normalized spacial score (nSPS) is 10.2. The van der Waals surface area contributed by atoms with Crippen LogP contribution < -0.4 is 4.74 Å². The molecule has 0 aliphatic rings. The minimum atomic E-state index is -0.308. The highest BCUT2D eigenvalue weighted by molar-refractivity contribution is 9.10. The Morgan fingerprint density at radius 3 is 2.75 bits per heavy atom. The number of hydrogen-bond donors (Lipinski definition) is 0. The molecule has 0 aliphatic carbocycles. The maximum Gasteiger partial charge on any atom is 0.128 e. The highest BCUT2D eigenvalue weighted by Gasteiger charge is 2.08. The van der Waals surface area contributed by atoms with Gasteiger partial charge in [-0.3, -0.25) is 0 Å². The molecule has 0 atom stereocenters. The Morgan fingerprint density at radius 1 is 1.25 bits per heavy atom. The smallest absolute Gasteiger partial charge is 0.128 e. The zero-order valence-corrected chi connectivity index (χ0v) is 10.2. The summed E-state index contributed by atoms with van der Waals surface area (Å²) in [6.07, 6.45) is 0. The summed E-state index contributed by atoms with van der Waals surface area (Å²) < 4.78 is 19.1. The molecule has 2 aromatic rings. The van der Waals surface area contributed by atoms with Crippen molar-refractivity contribution in [2.24, 2.45) is 0 Å². The minimum Gasteiger partial charge on any atom is -0.496 e. The third kappa shape index (κ3) is 2.22. The number of ether oxygens (including phenoxy) is 1. The van der Waals surface area contributed by atoms with E-state index in [2.05, 4.69) is 20.9 Å². The van der Waals surface area contributed by atoms with Crippen molar-refractivity contribution in [3.05, 3.63) is 46.8 Å². The molecule has 82 valence electrons. The number of nitrogens with zero attached hydrogens (tertiary/aromatic N) is 1. The molecule has 0 saturated carbocycles. The van der Waals surface area contributed by atoms with Crippen LogP contribution in [0.3, 0.4) is 0 Å². The molecule has 2 nitrogen and oxygen atoms in total. The summed E-state index contributed by atoms with van der Waals surface area (Å²) >= 11 is 3.28. The van der Waals surface area contributed by atoms with Gasteiger partial charge < -0.3 is 4.74 Å². The molecule has 0 saturated heterocycles. The van der Waals surface area contributed by atoms with Gasteiger partial charge in [0.1, 0.15) is 16.2 Å². The van der Waals surface area contributed by atoms with Crippen LogP contribution in [-0.2, 0) is 0 Å². The molecule has 0 radical (unpaired) electrons. The van der Waals surface area contributed by atoms with E-state index in [0.29, 0.717) is 21.6 Å². The quantitative estimate of drug-likeness (QED) is 0.784. The van der Waals surface area contributed by atoms with E-state index in [9.17, 15) is 4.39 Å². The minimum absolute atomic E-state index is 0.308. The van der Waals surface area contributed by atoms with Gasteiger partial charge >= 0.3 is 0 Å². The lowest BCUT2D eigenvalue weighted by Crippen LogP contribution is -1.91. The predicted octanol–water partition coefficient (Wildman–Crippen LogP) is 3.66.